The van der Waals surface area contributed by atoms with Gasteiger partial charge in [0.1, 0.15) is 12.3 Å². The molecular formula is C23H24F3N3O3. The number of hydrazine groups is 1. The van der Waals surface area contributed by atoms with Gasteiger partial charge in [-0.1, -0.05) is 18.2 Å². The molecule has 0 atom stereocenters. The Kier molecular flexibility index (Phi) is 6.59. The molecule has 0 aliphatic carbocycles. The zero-order valence-corrected chi connectivity index (χ0v) is 17.9. The number of ketones is 1. The molecule has 2 aromatic rings. The Morgan fingerprint density at radius 1 is 1.12 bits per heavy atom. The number of hydrogen-bond donors (Lipinski definition) is 3. The fourth-order valence-electron chi connectivity index (χ4n) is 3.45. The van der Waals surface area contributed by atoms with Crippen LogP contribution in [-0.4, -0.2) is 37.1 Å². The third-order valence-electron chi connectivity index (χ3n) is 4.91. The molecule has 1 heterocycles. The number of nitrogens with one attached hydrogen (secondary N) is 3. The maximum absolute atomic E-state index is 12.9. The fourth-order valence-corrected chi connectivity index (χ4v) is 3.45. The Labute approximate surface area is 183 Å². The fraction of sp³-hybridized carbons (Fsp3) is 0.304. The smallest absolute Gasteiger partial charge is 0.402 e. The van der Waals surface area contributed by atoms with Crippen molar-refractivity contribution in [3.8, 4) is 5.75 Å². The normalized spacial score (nSPS) is 16.1. The van der Waals surface area contributed by atoms with Crippen LogP contribution >= 0.6 is 0 Å². The standard InChI is InChI=1S/C23H24F3N3O3/c1-22(2)12-16-8-9-17(32-3)10-18(16)19(28-22)11-20(30)14-4-6-15(7-5-14)21(31)29-27-13-23(24,25)26/h4-11,27-28H,12-13H2,1-3H3,(H,29,31). The molecule has 3 N–H and O–H groups in total. The zero-order chi connectivity index (χ0) is 23.5. The van der Waals surface area contributed by atoms with Crippen molar-refractivity contribution < 1.29 is 27.5 Å². The summed E-state index contributed by atoms with van der Waals surface area (Å²) in [4.78, 5) is 24.8. The minimum atomic E-state index is -4.44. The average molecular weight is 447 g/mol. The van der Waals surface area contributed by atoms with Crippen LogP contribution in [0.4, 0.5) is 13.2 Å². The number of ether oxygens (including phenoxy) is 1. The Morgan fingerprint density at radius 3 is 2.41 bits per heavy atom. The highest BCUT2D eigenvalue weighted by atomic mass is 19.4. The number of carbonyl (C=O) groups excluding carboxylic acids is 2. The number of carbonyl (C=O) groups is 2. The minimum Gasteiger partial charge on any atom is -0.497 e. The molecule has 1 aliphatic rings. The highest BCUT2D eigenvalue weighted by Gasteiger charge is 2.29. The number of alkyl halides is 3. The van der Waals surface area contributed by atoms with Crippen LogP contribution in [-0.2, 0) is 6.42 Å². The Morgan fingerprint density at radius 2 is 1.78 bits per heavy atom. The van der Waals surface area contributed by atoms with E-state index in [0.717, 1.165) is 17.5 Å². The van der Waals surface area contributed by atoms with Crippen LogP contribution in [0.2, 0.25) is 0 Å². The van der Waals surface area contributed by atoms with E-state index in [4.69, 9.17) is 4.74 Å². The summed E-state index contributed by atoms with van der Waals surface area (Å²) in [5.41, 5.74) is 6.64. The van der Waals surface area contributed by atoms with E-state index < -0.39 is 18.6 Å². The van der Waals surface area contributed by atoms with Gasteiger partial charge in [-0.05, 0) is 50.1 Å². The van der Waals surface area contributed by atoms with Crippen LogP contribution in [0.5, 0.6) is 5.75 Å². The minimum absolute atomic E-state index is 0.121. The average Bonchev–Trinajstić information content (AvgIpc) is 2.72. The van der Waals surface area contributed by atoms with Gasteiger partial charge in [0.25, 0.3) is 5.91 Å². The van der Waals surface area contributed by atoms with Gasteiger partial charge < -0.3 is 10.1 Å². The Balaban J connectivity index is 1.77. The third kappa shape index (κ3) is 5.88. The van der Waals surface area contributed by atoms with Gasteiger partial charge in [-0.15, -0.1) is 0 Å². The summed E-state index contributed by atoms with van der Waals surface area (Å²) in [7, 11) is 1.58. The van der Waals surface area contributed by atoms with Crippen molar-refractivity contribution in [2.24, 2.45) is 0 Å². The largest absolute Gasteiger partial charge is 0.497 e. The maximum atomic E-state index is 12.9. The lowest BCUT2D eigenvalue weighted by Gasteiger charge is -2.35. The van der Waals surface area contributed by atoms with Gasteiger partial charge in [0.2, 0.25) is 0 Å². The molecule has 0 radical (unpaired) electrons. The van der Waals surface area contributed by atoms with Gasteiger partial charge >= 0.3 is 6.18 Å². The summed E-state index contributed by atoms with van der Waals surface area (Å²) >= 11 is 0. The summed E-state index contributed by atoms with van der Waals surface area (Å²) in [6.45, 7) is 2.73. The van der Waals surface area contributed by atoms with Crippen LogP contribution in [0.3, 0.4) is 0 Å². The lowest BCUT2D eigenvalue weighted by molar-refractivity contribution is -0.126. The van der Waals surface area contributed by atoms with Crippen molar-refractivity contribution in [2.75, 3.05) is 13.7 Å². The molecule has 0 fully saturated rings. The molecular weight excluding hydrogens is 423 g/mol. The van der Waals surface area contributed by atoms with Gasteiger partial charge in [0.15, 0.2) is 5.78 Å². The lowest BCUT2D eigenvalue weighted by atomic mass is 9.85. The monoisotopic (exact) mass is 447 g/mol. The summed E-state index contributed by atoms with van der Waals surface area (Å²) in [5, 5.41) is 3.39. The number of benzene rings is 2. The molecule has 1 aliphatic heterocycles. The highest BCUT2D eigenvalue weighted by Crippen LogP contribution is 2.32. The number of amides is 1. The number of allylic oxidation sites excluding steroid dienone is 1. The van der Waals surface area contributed by atoms with E-state index in [0.29, 0.717) is 17.0 Å². The predicted molar refractivity (Wildman–Crippen MR) is 114 cm³/mol. The molecule has 0 unspecified atom stereocenters. The number of halogens is 3. The second kappa shape index (κ2) is 9.04. The second-order valence-corrected chi connectivity index (χ2v) is 8.13. The first-order valence-electron chi connectivity index (χ1n) is 9.89. The van der Waals surface area contributed by atoms with E-state index in [-0.39, 0.29) is 16.9 Å². The van der Waals surface area contributed by atoms with Crippen LogP contribution < -0.4 is 20.9 Å². The third-order valence-corrected chi connectivity index (χ3v) is 4.91. The van der Waals surface area contributed by atoms with Crippen LogP contribution in [0.25, 0.3) is 5.70 Å². The second-order valence-electron chi connectivity index (χ2n) is 8.13. The van der Waals surface area contributed by atoms with E-state index >= 15 is 0 Å². The van der Waals surface area contributed by atoms with E-state index in [2.05, 4.69) is 5.32 Å². The first-order valence-corrected chi connectivity index (χ1v) is 9.89. The molecule has 0 saturated heterocycles. The quantitative estimate of drug-likeness (QED) is 0.358. The number of fused-ring (bicyclic) bond motifs is 1. The molecule has 1 amide bonds. The lowest BCUT2D eigenvalue weighted by Crippen LogP contribution is -2.43. The summed E-state index contributed by atoms with van der Waals surface area (Å²) in [6, 6.07) is 11.4. The maximum Gasteiger partial charge on any atom is 0.402 e. The topological polar surface area (TPSA) is 79.5 Å². The van der Waals surface area contributed by atoms with E-state index in [9.17, 15) is 22.8 Å². The van der Waals surface area contributed by atoms with Gasteiger partial charge in [-0.3, -0.25) is 15.0 Å². The summed E-state index contributed by atoms with van der Waals surface area (Å²) in [5.74, 6) is -0.331. The van der Waals surface area contributed by atoms with Gasteiger partial charge in [-0.25, -0.2) is 5.43 Å². The van der Waals surface area contributed by atoms with E-state index in [1.807, 2.05) is 42.9 Å². The first-order chi connectivity index (χ1) is 15.0. The summed E-state index contributed by atoms with van der Waals surface area (Å²) in [6.07, 6.45) is -2.16. The zero-order valence-electron chi connectivity index (χ0n) is 17.9. The predicted octanol–water partition coefficient (Wildman–Crippen LogP) is 3.64. The molecule has 9 heteroatoms. The number of rotatable bonds is 6. The van der Waals surface area contributed by atoms with Crippen molar-refractivity contribution in [2.45, 2.75) is 32.0 Å². The Hall–Kier alpha value is -3.33. The molecule has 0 saturated carbocycles. The van der Waals surface area contributed by atoms with Crippen molar-refractivity contribution in [3.05, 3.63) is 70.8 Å². The van der Waals surface area contributed by atoms with Crippen LogP contribution in [0, 0.1) is 0 Å². The molecule has 0 spiro atoms. The van der Waals surface area contributed by atoms with Crippen molar-refractivity contribution in [3.63, 3.8) is 0 Å². The SMILES string of the molecule is COc1ccc2c(c1)C(=CC(=O)c1ccc(C(=O)NNCC(F)(F)F)cc1)NC(C)(C)C2. The molecule has 2 aromatic carbocycles. The molecule has 3 rings (SSSR count). The van der Waals surface area contributed by atoms with Crippen LogP contribution in [0.15, 0.2) is 48.5 Å². The number of methoxy groups -OCH3 is 1. The van der Waals surface area contributed by atoms with Gasteiger partial charge in [0, 0.05) is 34.0 Å². The molecule has 170 valence electrons. The van der Waals surface area contributed by atoms with Crippen molar-refractivity contribution >= 4 is 17.4 Å². The van der Waals surface area contributed by atoms with Crippen molar-refractivity contribution in [1.29, 1.82) is 0 Å². The molecule has 0 bridgehead atoms. The van der Waals surface area contributed by atoms with Crippen molar-refractivity contribution in [1.82, 2.24) is 16.2 Å². The molecule has 0 aromatic heterocycles. The van der Waals surface area contributed by atoms with E-state index in [1.165, 1.54) is 30.3 Å². The first kappa shape index (κ1) is 23.3. The van der Waals surface area contributed by atoms with E-state index in [1.54, 1.807) is 7.11 Å². The summed E-state index contributed by atoms with van der Waals surface area (Å²) < 4.78 is 41.8. The number of hydrogen-bond acceptors (Lipinski definition) is 5. The van der Waals surface area contributed by atoms with Crippen LogP contribution in [0.1, 0.15) is 45.7 Å². The Bertz CT molecular complexity index is 1040. The molecule has 6 nitrogen and oxygen atoms in total. The highest BCUT2D eigenvalue weighted by molar-refractivity contribution is 6.09. The molecule has 32 heavy (non-hydrogen) atoms. The van der Waals surface area contributed by atoms with Gasteiger partial charge in [-0.2, -0.15) is 13.2 Å². The van der Waals surface area contributed by atoms with Gasteiger partial charge in [0.05, 0.1) is 7.11 Å².